The number of halogens is 3. The summed E-state index contributed by atoms with van der Waals surface area (Å²) in [7, 11) is 0. The highest BCUT2D eigenvalue weighted by molar-refractivity contribution is 5.73. The first kappa shape index (κ1) is 14.0. The molecule has 0 saturated carbocycles. The maximum absolute atomic E-state index is 12.0. The molecule has 6 heteroatoms. The van der Waals surface area contributed by atoms with E-state index in [1.165, 1.54) is 18.3 Å². The Morgan fingerprint density at radius 1 is 1.05 bits per heavy atom. The summed E-state index contributed by atoms with van der Waals surface area (Å²) in [6, 6.07) is 9.44. The third-order valence-electron chi connectivity index (χ3n) is 2.50. The van der Waals surface area contributed by atoms with Crippen LogP contribution < -0.4 is 4.74 Å². The molecule has 2 aromatic rings. The van der Waals surface area contributed by atoms with Gasteiger partial charge < -0.3 is 4.74 Å². The molecule has 0 saturated heterocycles. The van der Waals surface area contributed by atoms with Gasteiger partial charge >= 0.3 is 6.18 Å². The third-order valence-corrected chi connectivity index (χ3v) is 2.50. The summed E-state index contributed by atoms with van der Waals surface area (Å²) >= 11 is 0. The van der Waals surface area contributed by atoms with Crippen molar-refractivity contribution in [3.8, 4) is 16.9 Å². The molecule has 0 fully saturated rings. The van der Waals surface area contributed by atoms with E-state index in [-0.39, 0.29) is 5.75 Å². The molecular formula is C14H10F3NO2. The van der Waals surface area contributed by atoms with Gasteiger partial charge in [0.15, 0.2) is 12.9 Å². The summed E-state index contributed by atoms with van der Waals surface area (Å²) in [4.78, 5) is 14.4. The van der Waals surface area contributed by atoms with E-state index in [2.05, 4.69) is 9.72 Å². The summed E-state index contributed by atoms with van der Waals surface area (Å²) in [5.41, 5.74) is 1.85. The van der Waals surface area contributed by atoms with Gasteiger partial charge in [0.05, 0.1) is 0 Å². The number of hydrogen-bond acceptors (Lipinski definition) is 3. The first-order valence-electron chi connectivity index (χ1n) is 5.69. The Balaban J connectivity index is 2.09. The minimum atomic E-state index is -4.35. The fourth-order valence-electron chi connectivity index (χ4n) is 1.55. The lowest BCUT2D eigenvalue weighted by atomic mass is 10.1. The van der Waals surface area contributed by atoms with Crippen LogP contribution in [-0.4, -0.2) is 24.1 Å². The molecule has 1 aromatic carbocycles. The van der Waals surface area contributed by atoms with Crippen molar-refractivity contribution in [1.82, 2.24) is 4.98 Å². The quantitative estimate of drug-likeness (QED) is 0.805. The molecule has 0 radical (unpaired) electrons. The Bertz CT molecular complexity index is 577. The Morgan fingerprint density at radius 3 is 2.20 bits per heavy atom. The van der Waals surface area contributed by atoms with Gasteiger partial charge in [-0.1, -0.05) is 18.2 Å². The molecule has 0 unspecified atom stereocenters. The van der Waals surface area contributed by atoms with Crippen LogP contribution in [0.4, 0.5) is 13.2 Å². The summed E-state index contributed by atoms with van der Waals surface area (Å²) < 4.78 is 40.6. The monoisotopic (exact) mass is 281 g/mol. The number of ether oxygens (including phenoxy) is 1. The van der Waals surface area contributed by atoms with E-state index >= 15 is 0 Å². The molecule has 104 valence electrons. The van der Waals surface area contributed by atoms with Crippen LogP contribution in [0.25, 0.3) is 11.1 Å². The van der Waals surface area contributed by atoms with E-state index in [0.717, 1.165) is 11.1 Å². The van der Waals surface area contributed by atoms with E-state index in [0.29, 0.717) is 12.0 Å². The highest BCUT2D eigenvalue weighted by atomic mass is 19.4. The van der Waals surface area contributed by atoms with E-state index < -0.39 is 12.8 Å². The number of benzene rings is 1. The molecule has 0 aliphatic rings. The lowest BCUT2D eigenvalue weighted by Gasteiger charge is -2.09. The summed E-state index contributed by atoms with van der Waals surface area (Å²) in [5.74, 6) is 0.142. The van der Waals surface area contributed by atoms with Gasteiger partial charge in [0.1, 0.15) is 11.4 Å². The molecule has 1 heterocycles. The number of pyridine rings is 1. The smallest absolute Gasteiger partial charge is 0.422 e. The Hall–Kier alpha value is -2.37. The molecule has 0 atom stereocenters. The standard InChI is InChI=1S/C14H10F3NO2/c15-14(16,17)9-20-13-5-2-10(3-6-13)11-1-4-12(8-19)18-7-11/h1-8H,9H2. The van der Waals surface area contributed by atoms with E-state index in [9.17, 15) is 18.0 Å². The molecule has 0 amide bonds. The fourth-order valence-corrected chi connectivity index (χ4v) is 1.55. The largest absolute Gasteiger partial charge is 0.484 e. The van der Waals surface area contributed by atoms with Crippen LogP contribution in [0.2, 0.25) is 0 Å². The van der Waals surface area contributed by atoms with Crippen LogP contribution in [0.5, 0.6) is 5.75 Å². The van der Waals surface area contributed by atoms with Crippen molar-refractivity contribution in [2.75, 3.05) is 6.61 Å². The fraction of sp³-hybridized carbons (Fsp3) is 0.143. The van der Waals surface area contributed by atoms with Crippen molar-refractivity contribution in [3.05, 3.63) is 48.3 Å². The highest BCUT2D eigenvalue weighted by Gasteiger charge is 2.28. The third kappa shape index (κ3) is 3.81. The minimum Gasteiger partial charge on any atom is -0.484 e. The molecule has 1 aromatic heterocycles. The van der Waals surface area contributed by atoms with E-state index in [4.69, 9.17) is 0 Å². The van der Waals surface area contributed by atoms with E-state index in [1.54, 1.807) is 24.3 Å². The molecule has 20 heavy (non-hydrogen) atoms. The molecule has 0 N–H and O–H groups in total. The van der Waals surface area contributed by atoms with Gasteiger partial charge in [-0.2, -0.15) is 13.2 Å². The van der Waals surface area contributed by atoms with Crippen molar-refractivity contribution in [1.29, 1.82) is 0 Å². The van der Waals surface area contributed by atoms with Crippen molar-refractivity contribution >= 4 is 6.29 Å². The highest BCUT2D eigenvalue weighted by Crippen LogP contribution is 2.23. The van der Waals surface area contributed by atoms with Crippen LogP contribution in [0, 0.1) is 0 Å². The maximum Gasteiger partial charge on any atom is 0.422 e. The second kappa shape index (κ2) is 5.73. The SMILES string of the molecule is O=Cc1ccc(-c2ccc(OCC(F)(F)F)cc2)cn1. The molecule has 3 nitrogen and oxygen atoms in total. The van der Waals surface area contributed by atoms with Gasteiger partial charge in [-0.3, -0.25) is 9.78 Å². The molecule has 0 bridgehead atoms. The van der Waals surface area contributed by atoms with Crippen molar-refractivity contribution in [2.24, 2.45) is 0 Å². The second-order valence-corrected chi connectivity index (χ2v) is 4.02. The van der Waals surface area contributed by atoms with Gasteiger partial charge in [0.2, 0.25) is 0 Å². The van der Waals surface area contributed by atoms with Gasteiger partial charge in [-0.25, -0.2) is 0 Å². The number of carbonyl (C=O) groups excluding carboxylic acids is 1. The first-order chi connectivity index (χ1) is 9.48. The number of hydrogen-bond donors (Lipinski definition) is 0. The number of alkyl halides is 3. The summed E-state index contributed by atoms with van der Waals surface area (Å²) in [6.45, 7) is -1.32. The Morgan fingerprint density at radius 2 is 1.70 bits per heavy atom. The molecule has 0 aliphatic heterocycles. The minimum absolute atomic E-state index is 0.142. The topological polar surface area (TPSA) is 39.2 Å². The van der Waals surface area contributed by atoms with Crippen LogP contribution in [0.15, 0.2) is 42.6 Å². The van der Waals surface area contributed by atoms with E-state index in [1.807, 2.05) is 0 Å². The van der Waals surface area contributed by atoms with Gasteiger partial charge in [-0.15, -0.1) is 0 Å². The van der Waals surface area contributed by atoms with Gasteiger partial charge in [-0.05, 0) is 23.8 Å². The maximum atomic E-state index is 12.0. The number of carbonyl (C=O) groups is 1. The predicted octanol–water partition coefficient (Wildman–Crippen LogP) is 3.50. The van der Waals surface area contributed by atoms with Crippen LogP contribution >= 0.6 is 0 Å². The van der Waals surface area contributed by atoms with Gasteiger partial charge in [0.25, 0.3) is 0 Å². The number of rotatable bonds is 4. The zero-order valence-electron chi connectivity index (χ0n) is 10.2. The normalized spacial score (nSPS) is 11.2. The molecule has 0 aliphatic carbocycles. The summed E-state index contributed by atoms with van der Waals surface area (Å²) in [5, 5.41) is 0. The zero-order valence-corrected chi connectivity index (χ0v) is 10.2. The molecule has 2 rings (SSSR count). The van der Waals surface area contributed by atoms with Crippen molar-refractivity contribution in [2.45, 2.75) is 6.18 Å². The zero-order chi connectivity index (χ0) is 14.6. The molecular weight excluding hydrogens is 271 g/mol. The average Bonchev–Trinajstić information content (AvgIpc) is 2.45. The van der Waals surface area contributed by atoms with Gasteiger partial charge in [0, 0.05) is 11.8 Å². The van der Waals surface area contributed by atoms with Crippen molar-refractivity contribution in [3.63, 3.8) is 0 Å². The number of nitrogens with zero attached hydrogens (tertiary/aromatic N) is 1. The van der Waals surface area contributed by atoms with Crippen molar-refractivity contribution < 1.29 is 22.7 Å². The van der Waals surface area contributed by atoms with Crippen LogP contribution in [0.1, 0.15) is 10.5 Å². The predicted molar refractivity (Wildman–Crippen MR) is 66.6 cm³/mol. The summed E-state index contributed by atoms with van der Waals surface area (Å²) in [6.07, 6.45) is -2.19. The lowest BCUT2D eigenvalue weighted by molar-refractivity contribution is -0.153. The first-order valence-corrected chi connectivity index (χ1v) is 5.69. The molecule has 0 spiro atoms. The number of aldehydes is 1. The second-order valence-electron chi connectivity index (χ2n) is 4.02. The lowest BCUT2D eigenvalue weighted by Crippen LogP contribution is -2.19. The average molecular weight is 281 g/mol. The van der Waals surface area contributed by atoms with Crippen LogP contribution in [0.3, 0.4) is 0 Å². The Kier molecular flexibility index (Phi) is 4.02. The Labute approximate surface area is 113 Å². The van der Waals surface area contributed by atoms with Crippen LogP contribution in [-0.2, 0) is 0 Å². The number of aromatic nitrogens is 1.